The highest BCUT2D eigenvalue weighted by Crippen LogP contribution is 2.01. The highest BCUT2D eigenvalue weighted by Gasteiger charge is 1.98. The van der Waals surface area contributed by atoms with Gasteiger partial charge in [-0.25, -0.2) is 0 Å². The van der Waals surface area contributed by atoms with Crippen LogP contribution in [0.5, 0.6) is 0 Å². The van der Waals surface area contributed by atoms with Crippen LogP contribution in [0.3, 0.4) is 0 Å². The second-order valence-corrected chi connectivity index (χ2v) is 4.92. The van der Waals surface area contributed by atoms with E-state index in [1.807, 2.05) is 0 Å². The molecule has 0 heterocycles. The summed E-state index contributed by atoms with van der Waals surface area (Å²) in [5, 5.41) is 6.59. The summed E-state index contributed by atoms with van der Waals surface area (Å²) in [6.45, 7) is 8.41. The molecular formula is C14H32IN3O2. The number of hydrogen-bond donors (Lipinski definition) is 2. The van der Waals surface area contributed by atoms with Gasteiger partial charge in [-0.15, -0.1) is 24.0 Å². The minimum atomic E-state index is 0. The molecule has 0 saturated heterocycles. The molecule has 6 heteroatoms. The predicted octanol–water partition coefficient (Wildman–Crippen LogP) is 2.26. The Kier molecular flexibility index (Phi) is 18.8. The van der Waals surface area contributed by atoms with Gasteiger partial charge < -0.3 is 20.1 Å². The Morgan fingerprint density at radius 3 is 2.25 bits per heavy atom. The lowest BCUT2D eigenvalue weighted by Crippen LogP contribution is -2.38. The molecule has 0 fully saturated rings. The second kappa shape index (κ2) is 17.0. The number of guanidine groups is 1. The van der Waals surface area contributed by atoms with Gasteiger partial charge in [-0.3, -0.25) is 4.99 Å². The van der Waals surface area contributed by atoms with E-state index in [0.717, 1.165) is 38.0 Å². The molecule has 2 N–H and O–H groups in total. The van der Waals surface area contributed by atoms with Crippen LogP contribution >= 0.6 is 24.0 Å². The van der Waals surface area contributed by atoms with Crippen LogP contribution in [-0.4, -0.2) is 53.0 Å². The van der Waals surface area contributed by atoms with Gasteiger partial charge in [0, 0.05) is 33.9 Å². The van der Waals surface area contributed by atoms with Crippen LogP contribution in [0.25, 0.3) is 0 Å². The molecule has 0 aliphatic carbocycles. The van der Waals surface area contributed by atoms with E-state index in [1.165, 1.54) is 12.8 Å². The molecule has 0 rings (SSSR count). The number of aliphatic imine (C=N–C) groups is 1. The third kappa shape index (κ3) is 16.0. The maximum atomic E-state index is 5.39. The van der Waals surface area contributed by atoms with E-state index in [9.17, 15) is 0 Å². The molecule has 122 valence electrons. The van der Waals surface area contributed by atoms with Gasteiger partial charge in [0.05, 0.1) is 13.2 Å². The van der Waals surface area contributed by atoms with E-state index in [0.29, 0.717) is 13.2 Å². The number of hydrogen-bond acceptors (Lipinski definition) is 3. The zero-order valence-corrected chi connectivity index (χ0v) is 15.7. The van der Waals surface area contributed by atoms with E-state index in [2.05, 4.69) is 29.5 Å². The molecule has 20 heavy (non-hydrogen) atoms. The van der Waals surface area contributed by atoms with Crippen LogP contribution in [0, 0.1) is 5.92 Å². The van der Waals surface area contributed by atoms with Gasteiger partial charge in [0.25, 0.3) is 0 Å². The van der Waals surface area contributed by atoms with E-state index in [-0.39, 0.29) is 24.0 Å². The fraction of sp³-hybridized carbons (Fsp3) is 0.929. The van der Waals surface area contributed by atoms with Crippen molar-refractivity contribution in [1.29, 1.82) is 0 Å². The lowest BCUT2D eigenvalue weighted by atomic mass is 10.1. The first-order chi connectivity index (χ1) is 9.20. The minimum Gasteiger partial charge on any atom is -0.382 e. The van der Waals surface area contributed by atoms with E-state index in [4.69, 9.17) is 9.47 Å². The Morgan fingerprint density at radius 1 is 1.05 bits per heavy atom. The fourth-order valence-electron chi connectivity index (χ4n) is 1.56. The van der Waals surface area contributed by atoms with Crippen LogP contribution in [0.15, 0.2) is 4.99 Å². The summed E-state index contributed by atoms with van der Waals surface area (Å²) >= 11 is 0. The monoisotopic (exact) mass is 401 g/mol. The normalized spacial score (nSPS) is 11.3. The summed E-state index contributed by atoms with van der Waals surface area (Å²) in [6, 6.07) is 0. The second-order valence-electron chi connectivity index (χ2n) is 4.92. The number of halogens is 1. The zero-order valence-electron chi connectivity index (χ0n) is 13.4. The Labute approximate surface area is 141 Å². The van der Waals surface area contributed by atoms with Gasteiger partial charge in [-0.1, -0.05) is 13.8 Å². The molecule has 0 atom stereocenters. The smallest absolute Gasteiger partial charge is 0.190 e. The van der Waals surface area contributed by atoms with Crippen molar-refractivity contribution >= 4 is 29.9 Å². The lowest BCUT2D eigenvalue weighted by molar-refractivity contribution is 0.0698. The molecule has 0 aliphatic heterocycles. The Hall–Kier alpha value is -0.0800. The summed E-state index contributed by atoms with van der Waals surface area (Å²) in [5.74, 6) is 1.64. The first kappa shape index (κ1) is 22.2. The third-order valence-electron chi connectivity index (χ3n) is 2.66. The fourth-order valence-corrected chi connectivity index (χ4v) is 1.56. The predicted molar refractivity (Wildman–Crippen MR) is 96.2 cm³/mol. The molecular weight excluding hydrogens is 369 g/mol. The maximum absolute atomic E-state index is 5.39. The summed E-state index contributed by atoms with van der Waals surface area (Å²) in [5.41, 5.74) is 0. The van der Waals surface area contributed by atoms with E-state index >= 15 is 0 Å². The quantitative estimate of drug-likeness (QED) is 0.241. The van der Waals surface area contributed by atoms with Gasteiger partial charge in [-0.05, 0) is 25.2 Å². The molecule has 0 spiro atoms. The summed E-state index contributed by atoms with van der Waals surface area (Å²) in [6.07, 6.45) is 3.40. The highest BCUT2D eigenvalue weighted by atomic mass is 127. The van der Waals surface area contributed by atoms with Crippen molar-refractivity contribution in [3.8, 4) is 0 Å². The molecule has 0 unspecified atom stereocenters. The number of ether oxygens (including phenoxy) is 2. The molecule has 0 aromatic carbocycles. The van der Waals surface area contributed by atoms with Crippen molar-refractivity contribution in [1.82, 2.24) is 10.6 Å². The molecule has 0 saturated carbocycles. The van der Waals surface area contributed by atoms with Crippen molar-refractivity contribution in [2.24, 2.45) is 10.9 Å². The SMILES string of the molecule is CN=C(NCCCOCCOC)NCCCC(C)C.I. The number of nitrogens with zero attached hydrogens (tertiary/aromatic N) is 1. The van der Waals surface area contributed by atoms with Crippen molar-refractivity contribution in [3.63, 3.8) is 0 Å². The first-order valence-corrected chi connectivity index (χ1v) is 7.22. The molecule has 0 bridgehead atoms. The maximum Gasteiger partial charge on any atom is 0.190 e. The number of rotatable bonds is 11. The van der Waals surface area contributed by atoms with Crippen LogP contribution in [0.4, 0.5) is 0 Å². The molecule has 0 aromatic heterocycles. The summed E-state index contributed by atoms with van der Waals surface area (Å²) in [4.78, 5) is 4.19. The van der Waals surface area contributed by atoms with Crippen molar-refractivity contribution in [2.45, 2.75) is 33.1 Å². The Bertz CT molecular complexity index is 226. The minimum absolute atomic E-state index is 0. The molecule has 5 nitrogen and oxygen atoms in total. The van der Waals surface area contributed by atoms with Crippen molar-refractivity contribution < 1.29 is 9.47 Å². The Morgan fingerprint density at radius 2 is 1.70 bits per heavy atom. The van der Waals surface area contributed by atoms with Gasteiger partial charge in [0.15, 0.2) is 5.96 Å². The van der Waals surface area contributed by atoms with Gasteiger partial charge in [-0.2, -0.15) is 0 Å². The average Bonchev–Trinajstić information content (AvgIpc) is 2.39. The van der Waals surface area contributed by atoms with Crippen LogP contribution in [-0.2, 0) is 9.47 Å². The van der Waals surface area contributed by atoms with Crippen molar-refractivity contribution in [3.05, 3.63) is 0 Å². The van der Waals surface area contributed by atoms with Crippen molar-refractivity contribution in [2.75, 3.05) is 47.1 Å². The zero-order chi connectivity index (χ0) is 14.3. The Balaban J connectivity index is 0. The number of methoxy groups -OCH3 is 1. The molecule has 0 aliphatic rings. The molecule has 0 amide bonds. The van der Waals surface area contributed by atoms with Crippen LogP contribution in [0.2, 0.25) is 0 Å². The van der Waals surface area contributed by atoms with Crippen LogP contribution < -0.4 is 10.6 Å². The average molecular weight is 401 g/mol. The third-order valence-corrected chi connectivity index (χ3v) is 2.66. The summed E-state index contributed by atoms with van der Waals surface area (Å²) in [7, 11) is 3.48. The first-order valence-electron chi connectivity index (χ1n) is 7.22. The van der Waals surface area contributed by atoms with Crippen LogP contribution in [0.1, 0.15) is 33.1 Å². The topological polar surface area (TPSA) is 54.9 Å². The van der Waals surface area contributed by atoms with Gasteiger partial charge in [0.1, 0.15) is 0 Å². The largest absolute Gasteiger partial charge is 0.382 e. The molecule has 0 aromatic rings. The molecule has 0 radical (unpaired) electrons. The van der Waals surface area contributed by atoms with E-state index < -0.39 is 0 Å². The standard InChI is InChI=1S/C14H31N3O2.HI/c1-13(2)7-5-8-16-14(15-3)17-9-6-10-19-12-11-18-4;/h13H,5-12H2,1-4H3,(H2,15,16,17);1H. The van der Waals surface area contributed by atoms with Gasteiger partial charge >= 0.3 is 0 Å². The van der Waals surface area contributed by atoms with Gasteiger partial charge in [0.2, 0.25) is 0 Å². The van der Waals surface area contributed by atoms with E-state index in [1.54, 1.807) is 14.2 Å². The lowest BCUT2D eigenvalue weighted by Gasteiger charge is -2.12. The highest BCUT2D eigenvalue weighted by molar-refractivity contribution is 14.0. The number of nitrogens with one attached hydrogen (secondary N) is 2. The summed E-state index contributed by atoms with van der Waals surface area (Å²) < 4.78 is 10.3.